The number of rotatable bonds is 2. The van der Waals surface area contributed by atoms with Gasteiger partial charge < -0.3 is 4.90 Å². The number of hydrogen-bond acceptors (Lipinski definition) is 1. The van der Waals surface area contributed by atoms with E-state index in [1.807, 2.05) is 0 Å². The fraction of sp³-hybridized carbons (Fsp3) is 1.00. The molecule has 12 heavy (non-hydrogen) atoms. The minimum absolute atomic E-state index is 0.719. The average molecular weight is 167 g/mol. The van der Waals surface area contributed by atoms with E-state index < -0.39 is 0 Å². The number of piperidine rings is 1. The Balaban J connectivity index is 1.79. The molecular weight excluding hydrogens is 146 g/mol. The first-order chi connectivity index (χ1) is 5.68. The third-order valence-corrected chi connectivity index (χ3v) is 3.45. The van der Waals surface area contributed by atoms with Crippen LogP contribution in [0.1, 0.15) is 39.5 Å². The second-order valence-electron chi connectivity index (χ2n) is 5.29. The standard InChI is InChI=1S/C11H21N/c1-10-4-3-7-12(8-10)9-11(2)5-6-11/h10H,3-9H2,1-2H3/t10-/m0/s1. The maximum atomic E-state index is 2.68. The van der Waals surface area contributed by atoms with Crippen LogP contribution in [0.3, 0.4) is 0 Å². The van der Waals surface area contributed by atoms with Crippen LogP contribution in [0, 0.1) is 11.3 Å². The van der Waals surface area contributed by atoms with Gasteiger partial charge in [-0.05, 0) is 43.6 Å². The lowest BCUT2D eigenvalue weighted by atomic mass is 9.98. The van der Waals surface area contributed by atoms with Gasteiger partial charge in [-0.25, -0.2) is 0 Å². The van der Waals surface area contributed by atoms with Gasteiger partial charge in [-0.3, -0.25) is 0 Å². The van der Waals surface area contributed by atoms with Crippen LogP contribution >= 0.6 is 0 Å². The molecule has 1 atom stereocenters. The summed E-state index contributed by atoms with van der Waals surface area (Å²) in [6, 6.07) is 0. The molecule has 2 rings (SSSR count). The Morgan fingerprint density at radius 3 is 2.75 bits per heavy atom. The zero-order valence-electron chi connectivity index (χ0n) is 8.47. The second kappa shape index (κ2) is 3.02. The Hall–Kier alpha value is -0.0400. The molecule has 0 bridgehead atoms. The molecule has 0 N–H and O–H groups in total. The Labute approximate surface area is 76.1 Å². The van der Waals surface area contributed by atoms with Crippen molar-refractivity contribution >= 4 is 0 Å². The molecule has 1 heterocycles. The summed E-state index contributed by atoms with van der Waals surface area (Å²) >= 11 is 0. The van der Waals surface area contributed by atoms with E-state index in [1.54, 1.807) is 0 Å². The molecule has 1 aliphatic carbocycles. The van der Waals surface area contributed by atoms with Crippen LogP contribution < -0.4 is 0 Å². The van der Waals surface area contributed by atoms with E-state index in [-0.39, 0.29) is 0 Å². The fourth-order valence-electron chi connectivity index (χ4n) is 2.34. The van der Waals surface area contributed by atoms with Crippen molar-refractivity contribution in [2.24, 2.45) is 11.3 Å². The van der Waals surface area contributed by atoms with Crippen LogP contribution in [0.25, 0.3) is 0 Å². The molecule has 0 amide bonds. The lowest BCUT2D eigenvalue weighted by molar-refractivity contribution is 0.157. The van der Waals surface area contributed by atoms with Gasteiger partial charge >= 0.3 is 0 Å². The van der Waals surface area contributed by atoms with Gasteiger partial charge in [-0.15, -0.1) is 0 Å². The summed E-state index contributed by atoms with van der Waals surface area (Å²) in [5, 5.41) is 0. The highest BCUT2D eigenvalue weighted by molar-refractivity contribution is 4.92. The molecule has 0 unspecified atom stereocenters. The molecule has 0 aromatic rings. The highest BCUT2D eigenvalue weighted by atomic mass is 15.1. The molecular formula is C11H21N. The smallest absolute Gasteiger partial charge is 0.00354 e. The van der Waals surface area contributed by atoms with Crippen molar-refractivity contribution in [2.45, 2.75) is 39.5 Å². The second-order valence-corrected chi connectivity index (χ2v) is 5.29. The first-order valence-electron chi connectivity index (χ1n) is 5.40. The summed E-state index contributed by atoms with van der Waals surface area (Å²) < 4.78 is 0. The Kier molecular flexibility index (Phi) is 2.16. The molecule has 0 spiro atoms. The number of nitrogens with zero attached hydrogens (tertiary/aromatic N) is 1. The Morgan fingerprint density at radius 1 is 1.42 bits per heavy atom. The van der Waals surface area contributed by atoms with Crippen molar-refractivity contribution in [3.63, 3.8) is 0 Å². The highest BCUT2D eigenvalue weighted by Crippen LogP contribution is 2.45. The minimum atomic E-state index is 0.719. The van der Waals surface area contributed by atoms with Gasteiger partial charge in [-0.1, -0.05) is 13.8 Å². The lowest BCUT2D eigenvalue weighted by Gasteiger charge is -2.32. The maximum absolute atomic E-state index is 2.68. The quantitative estimate of drug-likeness (QED) is 0.611. The van der Waals surface area contributed by atoms with Crippen LogP contribution in [0.5, 0.6) is 0 Å². The molecule has 1 aliphatic heterocycles. The third-order valence-electron chi connectivity index (χ3n) is 3.45. The van der Waals surface area contributed by atoms with Gasteiger partial charge in [0.05, 0.1) is 0 Å². The van der Waals surface area contributed by atoms with E-state index in [0.717, 1.165) is 11.3 Å². The van der Waals surface area contributed by atoms with Gasteiger partial charge in [0.1, 0.15) is 0 Å². The van der Waals surface area contributed by atoms with Crippen LogP contribution in [0.15, 0.2) is 0 Å². The summed E-state index contributed by atoms with van der Waals surface area (Å²) in [7, 11) is 0. The molecule has 1 saturated heterocycles. The summed E-state index contributed by atoms with van der Waals surface area (Å²) in [4.78, 5) is 2.68. The van der Waals surface area contributed by atoms with E-state index in [0.29, 0.717) is 0 Å². The van der Waals surface area contributed by atoms with Crippen LogP contribution in [-0.4, -0.2) is 24.5 Å². The predicted octanol–water partition coefficient (Wildman–Crippen LogP) is 2.52. The predicted molar refractivity (Wildman–Crippen MR) is 52.2 cm³/mol. The molecule has 70 valence electrons. The number of likely N-dealkylation sites (tertiary alicyclic amines) is 1. The molecule has 1 heteroatoms. The van der Waals surface area contributed by atoms with Crippen molar-refractivity contribution in [1.82, 2.24) is 4.90 Å². The van der Waals surface area contributed by atoms with Gasteiger partial charge in [-0.2, -0.15) is 0 Å². The van der Waals surface area contributed by atoms with Gasteiger partial charge in [0.15, 0.2) is 0 Å². The fourth-order valence-corrected chi connectivity index (χ4v) is 2.34. The summed E-state index contributed by atoms with van der Waals surface area (Å²) in [6.45, 7) is 8.92. The van der Waals surface area contributed by atoms with Crippen molar-refractivity contribution in [3.05, 3.63) is 0 Å². The maximum Gasteiger partial charge on any atom is 0.00354 e. The van der Waals surface area contributed by atoms with Crippen molar-refractivity contribution in [3.8, 4) is 0 Å². The third kappa shape index (κ3) is 2.01. The minimum Gasteiger partial charge on any atom is -0.303 e. The van der Waals surface area contributed by atoms with E-state index in [4.69, 9.17) is 0 Å². The summed E-state index contributed by atoms with van der Waals surface area (Å²) in [6.07, 6.45) is 5.82. The van der Waals surface area contributed by atoms with Gasteiger partial charge in [0, 0.05) is 13.1 Å². The molecule has 2 aliphatic rings. The van der Waals surface area contributed by atoms with E-state index in [1.165, 1.54) is 45.3 Å². The normalized spacial score (nSPS) is 35.0. The van der Waals surface area contributed by atoms with Crippen molar-refractivity contribution in [2.75, 3.05) is 19.6 Å². The zero-order valence-corrected chi connectivity index (χ0v) is 8.47. The first kappa shape index (κ1) is 8.55. The monoisotopic (exact) mass is 167 g/mol. The van der Waals surface area contributed by atoms with Gasteiger partial charge in [0.25, 0.3) is 0 Å². The van der Waals surface area contributed by atoms with Crippen LogP contribution in [-0.2, 0) is 0 Å². The molecule has 1 saturated carbocycles. The van der Waals surface area contributed by atoms with Crippen LogP contribution in [0.4, 0.5) is 0 Å². The van der Waals surface area contributed by atoms with Gasteiger partial charge in [0.2, 0.25) is 0 Å². The van der Waals surface area contributed by atoms with Crippen molar-refractivity contribution < 1.29 is 0 Å². The summed E-state index contributed by atoms with van der Waals surface area (Å²) in [5.74, 6) is 0.945. The molecule has 1 nitrogen and oxygen atoms in total. The molecule has 2 fully saturated rings. The Morgan fingerprint density at radius 2 is 2.17 bits per heavy atom. The lowest BCUT2D eigenvalue weighted by Crippen LogP contribution is -2.37. The van der Waals surface area contributed by atoms with E-state index in [9.17, 15) is 0 Å². The molecule has 0 radical (unpaired) electrons. The summed E-state index contributed by atoms with van der Waals surface area (Å²) in [5.41, 5.74) is 0.719. The number of hydrogen-bond donors (Lipinski definition) is 0. The van der Waals surface area contributed by atoms with Crippen LogP contribution in [0.2, 0.25) is 0 Å². The molecule has 0 aromatic heterocycles. The highest BCUT2D eigenvalue weighted by Gasteiger charge is 2.39. The average Bonchev–Trinajstić information content (AvgIpc) is 2.67. The largest absolute Gasteiger partial charge is 0.303 e. The van der Waals surface area contributed by atoms with E-state index >= 15 is 0 Å². The van der Waals surface area contributed by atoms with Crippen molar-refractivity contribution in [1.29, 1.82) is 0 Å². The Bertz CT molecular complexity index is 160. The topological polar surface area (TPSA) is 3.24 Å². The zero-order chi connectivity index (χ0) is 8.60. The molecule has 0 aromatic carbocycles. The van der Waals surface area contributed by atoms with E-state index in [2.05, 4.69) is 18.7 Å². The first-order valence-corrected chi connectivity index (χ1v) is 5.40. The SMILES string of the molecule is C[C@H]1CCCN(CC2(C)CC2)C1.